The van der Waals surface area contributed by atoms with Crippen molar-refractivity contribution >= 4 is 5.96 Å². The standard InChI is InChI=1S/C11H23F2N3/c1-8(2)5-4-6-9(3)16-11(14)15-7-10(12)13/h8-10H,4-7H2,1-3H3,(H3,14,15,16). The van der Waals surface area contributed by atoms with Crippen LogP contribution in [0, 0.1) is 5.92 Å². The fourth-order valence-corrected chi connectivity index (χ4v) is 1.37. The topological polar surface area (TPSA) is 50.4 Å². The molecular formula is C11H23F2N3. The third-order valence-electron chi connectivity index (χ3n) is 2.21. The Morgan fingerprint density at radius 3 is 2.38 bits per heavy atom. The summed E-state index contributed by atoms with van der Waals surface area (Å²) in [7, 11) is 0. The molecule has 1 atom stereocenters. The Kier molecular flexibility index (Phi) is 7.85. The van der Waals surface area contributed by atoms with Gasteiger partial charge in [-0.25, -0.2) is 13.8 Å². The molecule has 3 N–H and O–H groups in total. The molecule has 0 amide bonds. The minimum atomic E-state index is -2.43. The van der Waals surface area contributed by atoms with Crippen molar-refractivity contribution in [3.63, 3.8) is 0 Å². The molecule has 0 aliphatic rings. The van der Waals surface area contributed by atoms with Gasteiger partial charge in [0, 0.05) is 6.04 Å². The molecule has 3 nitrogen and oxygen atoms in total. The maximum Gasteiger partial charge on any atom is 0.257 e. The van der Waals surface area contributed by atoms with Gasteiger partial charge in [0.05, 0.1) is 0 Å². The molecule has 16 heavy (non-hydrogen) atoms. The Balaban J connectivity index is 3.69. The van der Waals surface area contributed by atoms with Crippen LogP contribution in [0.4, 0.5) is 8.78 Å². The van der Waals surface area contributed by atoms with Crippen molar-refractivity contribution in [1.82, 2.24) is 5.32 Å². The number of hydrogen-bond acceptors (Lipinski definition) is 1. The van der Waals surface area contributed by atoms with E-state index in [2.05, 4.69) is 24.2 Å². The number of rotatable bonds is 7. The van der Waals surface area contributed by atoms with Gasteiger partial charge in [-0.05, 0) is 19.3 Å². The van der Waals surface area contributed by atoms with Gasteiger partial charge >= 0.3 is 0 Å². The van der Waals surface area contributed by atoms with Crippen LogP contribution in [0.2, 0.25) is 0 Å². The Labute approximate surface area is 96.5 Å². The lowest BCUT2D eigenvalue weighted by Crippen LogP contribution is -2.38. The van der Waals surface area contributed by atoms with Crippen LogP contribution in [0.5, 0.6) is 0 Å². The second kappa shape index (κ2) is 8.30. The van der Waals surface area contributed by atoms with Crippen molar-refractivity contribution in [2.24, 2.45) is 16.6 Å². The summed E-state index contributed by atoms with van der Waals surface area (Å²) in [6.07, 6.45) is 0.813. The van der Waals surface area contributed by atoms with Gasteiger partial charge in [-0.2, -0.15) is 0 Å². The molecule has 0 rings (SSSR count). The van der Waals surface area contributed by atoms with Gasteiger partial charge in [0.1, 0.15) is 6.54 Å². The van der Waals surface area contributed by atoms with Gasteiger partial charge in [0.2, 0.25) is 0 Å². The van der Waals surface area contributed by atoms with E-state index >= 15 is 0 Å². The second-order valence-electron chi connectivity index (χ2n) is 4.49. The van der Waals surface area contributed by atoms with E-state index in [-0.39, 0.29) is 12.0 Å². The normalized spacial score (nSPS) is 14.6. The van der Waals surface area contributed by atoms with Crippen LogP contribution in [0.15, 0.2) is 4.99 Å². The minimum Gasteiger partial charge on any atom is -0.370 e. The smallest absolute Gasteiger partial charge is 0.257 e. The average molecular weight is 235 g/mol. The first kappa shape index (κ1) is 15.1. The fourth-order valence-electron chi connectivity index (χ4n) is 1.37. The van der Waals surface area contributed by atoms with Crippen LogP contribution in [-0.4, -0.2) is 25.0 Å². The summed E-state index contributed by atoms with van der Waals surface area (Å²) < 4.78 is 23.7. The number of halogens is 2. The monoisotopic (exact) mass is 235 g/mol. The maximum atomic E-state index is 11.8. The number of nitrogens with zero attached hydrogens (tertiary/aromatic N) is 1. The molecule has 0 saturated heterocycles. The molecule has 96 valence electrons. The first-order chi connectivity index (χ1) is 7.41. The van der Waals surface area contributed by atoms with Gasteiger partial charge in [-0.15, -0.1) is 0 Å². The lowest BCUT2D eigenvalue weighted by Gasteiger charge is -2.14. The second-order valence-corrected chi connectivity index (χ2v) is 4.49. The first-order valence-electron chi connectivity index (χ1n) is 5.76. The van der Waals surface area contributed by atoms with E-state index < -0.39 is 13.0 Å². The molecule has 0 aliphatic carbocycles. The highest BCUT2D eigenvalue weighted by Gasteiger charge is 2.05. The van der Waals surface area contributed by atoms with Crippen LogP contribution in [0.1, 0.15) is 40.0 Å². The molecule has 5 heteroatoms. The van der Waals surface area contributed by atoms with E-state index in [1.165, 1.54) is 6.42 Å². The van der Waals surface area contributed by atoms with Gasteiger partial charge in [-0.1, -0.05) is 26.7 Å². The molecule has 0 aliphatic heterocycles. The molecule has 1 unspecified atom stereocenters. The van der Waals surface area contributed by atoms with Gasteiger partial charge in [0.25, 0.3) is 6.43 Å². The number of guanidine groups is 1. The summed E-state index contributed by atoms with van der Waals surface area (Å²) in [5, 5.41) is 2.90. The third kappa shape index (κ3) is 9.68. The van der Waals surface area contributed by atoms with Crippen LogP contribution in [-0.2, 0) is 0 Å². The summed E-state index contributed by atoms with van der Waals surface area (Å²) in [6.45, 7) is 5.80. The lowest BCUT2D eigenvalue weighted by molar-refractivity contribution is 0.158. The third-order valence-corrected chi connectivity index (χ3v) is 2.21. The zero-order valence-corrected chi connectivity index (χ0v) is 10.3. The summed E-state index contributed by atoms with van der Waals surface area (Å²) in [5.74, 6) is 0.800. The van der Waals surface area contributed by atoms with Gasteiger partial charge < -0.3 is 11.1 Å². The van der Waals surface area contributed by atoms with Crippen LogP contribution >= 0.6 is 0 Å². The molecule has 0 aromatic heterocycles. The highest BCUT2D eigenvalue weighted by molar-refractivity contribution is 5.78. The van der Waals surface area contributed by atoms with Crippen LogP contribution < -0.4 is 11.1 Å². The lowest BCUT2D eigenvalue weighted by atomic mass is 10.0. The highest BCUT2D eigenvalue weighted by Crippen LogP contribution is 2.07. The molecular weight excluding hydrogens is 212 g/mol. The van der Waals surface area contributed by atoms with Crippen LogP contribution in [0.25, 0.3) is 0 Å². The zero-order valence-electron chi connectivity index (χ0n) is 10.3. The van der Waals surface area contributed by atoms with Crippen molar-refractivity contribution < 1.29 is 8.78 Å². The molecule has 0 bridgehead atoms. The minimum absolute atomic E-state index is 0.109. The van der Waals surface area contributed by atoms with E-state index in [0.717, 1.165) is 12.8 Å². The van der Waals surface area contributed by atoms with Crippen molar-refractivity contribution in [2.45, 2.75) is 52.5 Å². The Hall–Kier alpha value is -0.870. The molecule has 0 heterocycles. The van der Waals surface area contributed by atoms with Crippen molar-refractivity contribution in [1.29, 1.82) is 0 Å². The van der Waals surface area contributed by atoms with E-state index in [4.69, 9.17) is 5.73 Å². The van der Waals surface area contributed by atoms with Crippen LogP contribution in [0.3, 0.4) is 0 Å². The summed E-state index contributed by atoms with van der Waals surface area (Å²) in [4.78, 5) is 3.54. The number of hydrogen-bond donors (Lipinski definition) is 2. The quantitative estimate of drug-likeness (QED) is 0.526. The predicted octanol–water partition coefficient (Wildman–Crippen LogP) is 2.37. The molecule has 0 fully saturated rings. The van der Waals surface area contributed by atoms with E-state index in [0.29, 0.717) is 5.92 Å². The van der Waals surface area contributed by atoms with Crippen molar-refractivity contribution in [3.05, 3.63) is 0 Å². The van der Waals surface area contributed by atoms with E-state index in [9.17, 15) is 8.78 Å². The molecule has 0 saturated carbocycles. The van der Waals surface area contributed by atoms with E-state index in [1.807, 2.05) is 6.92 Å². The van der Waals surface area contributed by atoms with Gasteiger partial charge in [-0.3, -0.25) is 0 Å². The fraction of sp³-hybridized carbons (Fsp3) is 0.909. The Morgan fingerprint density at radius 2 is 1.88 bits per heavy atom. The summed E-state index contributed by atoms with van der Waals surface area (Å²) in [6, 6.07) is 0.181. The maximum absolute atomic E-state index is 11.8. The van der Waals surface area contributed by atoms with Crippen molar-refractivity contribution in [3.8, 4) is 0 Å². The molecule has 0 aromatic rings. The molecule has 0 aromatic carbocycles. The number of aliphatic imine (C=N–C) groups is 1. The van der Waals surface area contributed by atoms with Crippen molar-refractivity contribution in [2.75, 3.05) is 6.54 Å². The first-order valence-corrected chi connectivity index (χ1v) is 5.76. The number of nitrogens with one attached hydrogen (secondary N) is 1. The summed E-state index contributed by atoms with van der Waals surface area (Å²) >= 11 is 0. The predicted molar refractivity (Wildman–Crippen MR) is 63.8 cm³/mol. The van der Waals surface area contributed by atoms with Gasteiger partial charge in [0.15, 0.2) is 5.96 Å². The highest BCUT2D eigenvalue weighted by atomic mass is 19.3. The zero-order chi connectivity index (χ0) is 12.6. The summed E-state index contributed by atoms with van der Waals surface area (Å²) in [5.41, 5.74) is 5.46. The van der Waals surface area contributed by atoms with E-state index in [1.54, 1.807) is 0 Å². The number of alkyl halides is 2. The Bertz CT molecular complexity index is 205. The largest absolute Gasteiger partial charge is 0.370 e. The molecule has 0 radical (unpaired) electrons. The average Bonchev–Trinajstić information content (AvgIpc) is 2.14. The number of nitrogens with two attached hydrogens (primary N) is 1. The SMILES string of the molecule is CC(C)CCCC(C)NC(N)=NCC(F)F. The Morgan fingerprint density at radius 1 is 1.25 bits per heavy atom. The molecule has 0 spiro atoms.